The van der Waals surface area contributed by atoms with E-state index in [1.807, 2.05) is 19.1 Å². The average molecular weight is 207 g/mol. The van der Waals surface area contributed by atoms with Gasteiger partial charge in [-0.05, 0) is 48.9 Å². The zero-order chi connectivity index (χ0) is 10.7. The molecular formula is C13H18FN. The number of benzene rings is 1. The summed E-state index contributed by atoms with van der Waals surface area (Å²) >= 11 is 0. The minimum Gasteiger partial charge on any atom is -0.316 e. The Bertz CT molecular complexity index is 329. The Morgan fingerprint density at radius 2 is 2.33 bits per heavy atom. The lowest BCUT2D eigenvalue weighted by atomic mass is 9.90. The summed E-state index contributed by atoms with van der Waals surface area (Å²) in [5.41, 5.74) is 2.14. The van der Waals surface area contributed by atoms with Gasteiger partial charge in [-0.15, -0.1) is 0 Å². The molecule has 82 valence electrons. The average Bonchev–Trinajstić information content (AvgIpc) is 2.31. The van der Waals surface area contributed by atoms with Crippen molar-refractivity contribution in [3.63, 3.8) is 0 Å². The molecule has 1 aliphatic heterocycles. The molecule has 1 aromatic rings. The summed E-state index contributed by atoms with van der Waals surface area (Å²) < 4.78 is 13.3. The van der Waals surface area contributed by atoms with Crippen molar-refractivity contribution in [1.29, 1.82) is 0 Å². The van der Waals surface area contributed by atoms with Crippen LogP contribution in [0.3, 0.4) is 0 Å². The van der Waals surface area contributed by atoms with E-state index in [9.17, 15) is 4.39 Å². The second-order valence-electron chi connectivity index (χ2n) is 4.25. The topological polar surface area (TPSA) is 12.0 Å². The summed E-state index contributed by atoms with van der Waals surface area (Å²) in [6, 6.07) is 5.59. The molecule has 0 aromatic heterocycles. The minimum absolute atomic E-state index is 0.0648. The molecule has 0 amide bonds. The van der Waals surface area contributed by atoms with E-state index in [1.54, 1.807) is 6.07 Å². The monoisotopic (exact) mass is 207 g/mol. The molecule has 1 nitrogen and oxygen atoms in total. The van der Waals surface area contributed by atoms with Gasteiger partial charge in [-0.25, -0.2) is 4.39 Å². The minimum atomic E-state index is -0.0648. The molecule has 1 unspecified atom stereocenters. The van der Waals surface area contributed by atoms with Gasteiger partial charge in [0.1, 0.15) is 5.82 Å². The van der Waals surface area contributed by atoms with Gasteiger partial charge in [0.2, 0.25) is 0 Å². The molecule has 2 rings (SSSR count). The molecule has 0 saturated carbocycles. The predicted octanol–water partition coefficient (Wildman–Crippen LogP) is 2.86. The highest BCUT2D eigenvalue weighted by Gasteiger charge is 2.15. The summed E-state index contributed by atoms with van der Waals surface area (Å²) in [4.78, 5) is 0. The Labute approximate surface area is 90.7 Å². The normalized spacial score (nSPS) is 21.6. The maximum atomic E-state index is 13.3. The van der Waals surface area contributed by atoms with Crippen LogP contribution in [0.5, 0.6) is 0 Å². The fourth-order valence-electron chi connectivity index (χ4n) is 2.26. The van der Waals surface area contributed by atoms with E-state index in [2.05, 4.69) is 5.32 Å². The van der Waals surface area contributed by atoms with E-state index >= 15 is 0 Å². The molecule has 1 heterocycles. The first-order valence-corrected chi connectivity index (χ1v) is 5.80. The first kappa shape index (κ1) is 10.6. The quantitative estimate of drug-likeness (QED) is 0.786. The van der Waals surface area contributed by atoms with Crippen LogP contribution in [0, 0.1) is 5.82 Å². The predicted molar refractivity (Wildman–Crippen MR) is 60.6 cm³/mol. The third-order valence-corrected chi connectivity index (χ3v) is 3.22. The van der Waals surface area contributed by atoms with Gasteiger partial charge in [0.25, 0.3) is 0 Å². The molecule has 2 heteroatoms. The SMILES string of the molecule is CCc1cc(C2CCCNC2)ccc1F. The molecule has 15 heavy (non-hydrogen) atoms. The zero-order valence-corrected chi connectivity index (χ0v) is 9.22. The van der Waals surface area contributed by atoms with Crippen molar-refractivity contribution in [2.75, 3.05) is 13.1 Å². The summed E-state index contributed by atoms with van der Waals surface area (Å²) in [7, 11) is 0. The Hall–Kier alpha value is -0.890. The third-order valence-electron chi connectivity index (χ3n) is 3.22. The van der Waals surface area contributed by atoms with E-state index in [1.165, 1.54) is 18.4 Å². The molecule has 1 aliphatic rings. The molecular weight excluding hydrogens is 189 g/mol. The molecule has 0 aliphatic carbocycles. The van der Waals surface area contributed by atoms with Gasteiger partial charge in [0.05, 0.1) is 0 Å². The van der Waals surface area contributed by atoms with E-state index < -0.39 is 0 Å². The van der Waals surface area contributed by atoms with Crippen LogP contribution in [0.15, 0.2) is 18.2 Å². The van der Waals surface area contributed by atoms with Crippen molar-refractivity contribution in [2.24, 2.45) is 0 Å². The Morgan fingerprint density at radius 3 is 3.00 bits per heavy atom. The van der Waals surface area contributed by atoms with Crippen LogP contribution in [-0.2, 0) is 6.42 Å². The highest BCUT2D eigenvalue weighted by atomic mass is 19.1. The van der Waals surface area contributed by atoms with Gasteiger partial charge in [0, 0.05) is 6.54 Å². The summed E-state index contributed by atoms with van der Waals surface area (Å²) in [5, 5.41) is 3.39. The summed E-state index contributed by atoms with van der Waals surface area (Å²) in [6.07, 6.45) is 3.23. The number of piperidine rings is 1. The number of aryl methyl sites for hydroxylation is 1. The highest BCUT2D eigenvalue weighted by molar-refractivity contribution is 5.28. The fourth-order valence-corrected chi connectivity index (χ4v) is 2.26. The Morgan fingerprint density at radius 1 is 1.47 bits per heavy atom. The molecule has 1 aromatic carbocycles. The molecule has 0 spiro atoms. The van der Waals surface area contributed by atoms with Gasteiger partial charge < -0.3 is 5.32 Å². The van der Waals surface area contributed by atoms with Crippen LogP contribution in [0.4, 0.5) is 4.39 Å². The summed E-state index contributed by atoms with van der Waals surface area (Å²) in [6.45, 7) is 4.16. The van der Waals surface area contributed by atoms with Gasteiger partial charge in [-0.3, -0.25) is 0 Å². The molecule has 0 radical (unpaired) electrons. The van der Waals surface area contributed by atoms with Crippen LogP contribution >= 0.6 is 0 Å². The van der Waals surface area contributed by atoms with Crippen molar-refractivity contribution in [2.45, 2.75) is 32.1 Å². The molecule has 1 saturated heterocycles. The lowest BCUT2D eigenvalue weighted by Gasteiger charge is -2.23. The van der Waals surface area contributed by atoms with Crippen molar-refractivity contribution in [3.05, 3.63) is 35.1 Å². The summed E-state index contributed by atoms with van der Waals surface area (Å²) in [5.74, 6) is 0.509. The van der Waals surface area contributed by atoms with Gasteiger partial charge in [-0.1, -0.05) is 19.1 Å². The van der Waals surface area contributed by atoms with Crippen LogP contribution in [0.25, 0.3) is 0 Å². The lowest BCUT2D eigenvalue weighted by Crippen LogP contribution is -2.28. The molecule has 1 N–H and O–H groups in total. The maximum absolute atomic E-state index is 13.3. The van der Waals surface area contributed by atoms with Gasteiger partial charge in [-0.2, -0.15) is 0 Å². The van der Waals surface area contributed by atoms with E-state index in [0.717, 1.165) is 25.1 Å². The van der Waals surface area contributed by atoms with Gasteiger partial charge >= 0.3 is 0 Å². The Kier molecular flexibility index (Phi) is 3.37. The maximum Gasteiger partial charge on any atom is 0.126 e. The Balaban J connectivity index is 2.20. The first-order chi connectivity index (χ1) is 7.31. The number of nitrogens with one attached hydrogen (secondary N) is 1. The van der Waals surface area contributed by atoms with Crippen LogP contribution < -0.4 is 5.32 Å². The first-order valence-electron chi connectivity index (χ1n) is 5.80. The van der Waals surface area contributed by atoms with E-state index in [0.29, 0.717) is 5.92 Å². The number of hydrogen-bond acceptors (Lipinski definition) is 1. The largest absolute Gasteiger partial charge is 0.316 e. The van der Waals surface area contributed by atoms with Crippen molar-refractivity contribution in [1.82, 2.24) is 5.32 Å². The molecule has 1 atom stereocenters. The molecule has 1 fully saturated rings. The number of hydrogen-bond donors (Lipinski definition) is 1. The van der Waals surface area contributed by atoms with Crippen molar-refractivity contribution in [3.8, 4) is 0 Å². The lowest BCUT2D eigenvalue weighted by molar-refractivity contribution is 0.460. The number of halogens is 1. The standard InChI is InChI=1S/C13H18FN/c1-2-10-8-11(5-6-13(10)14)12-4-3-7-15-9-12/h5-6,8,12,15H,2-4,7,9H2,1H3. The highest BCUT2D eigenvalue weighted by Crippen LogP contribution is 2.25. The fraction of sp³-hybridized carbons (Fsp3) is 0.538. The number of rotatable bonds is 2. The van der Waals surface area contributed by atoms with Crippen molar-refractivity contribution < 1.29 is 4.39 Å². The third kappa shape index (κ3) is 2.37. The van der Waals surface area contributed by atoms with Crippen LogP contribution in [0.1, 0.15) is 36.8 Å². The van der Waals surface area contributed by atoms with E-state index in [-0.39, 0.29) is 5.82 Å². The second-order valence-corrected chi connectivity index (χ2v) is 4.25. The van der Waals surface area contributed by atoms with Gasteiger partial charge in [0.15, 0.2) is 0 Å². The van der Waals surface area contributed by atoms with Crippen LogP contribution in [0.2, 0.25) is 0 Å². The van der Waals surface area contributed by atoms with E-state index in [4.69, 9.17) is 0 Å². The zero-order valence-electron chi connectivity index (χ0n) is 9.22. The molecule has 0 bridgehead atoms. The smallest absolute Gasteiger partial charge is 0.126 e. The second kappa shape index (κ2) is 4.75. The van der Waals surface area contributed by atoms with Crippen LogP contribution in [-0.4, -0.2) is 13.1 Å². The van der Waals surface area contributed by atoms with Crippen molar-refractivity contribution >= 4 is 0 Å².